The summed E-state index contributed by atoms with van der Waals surface area (Å²) >= 11 is 0. The Bertz CT molecular complexity index is 2470. The minimum absolute atomic E-state index is 0.0858. The fraction of sp³-hybridized carbons (Fsp3) is 0.149. The SMILES string of the molecule is C[Si]1(C)O[SiH2]O[SiH](C(CC(c2cccc3ccccc23)(c2cccc3ccccc23)c2cccc3ccccc23)c2cccc3ccccc23)O[Si](C)(C)O1. The molecule has 8 heteroatoms. The molecule has 9 rings (SSSR count). The number of hydrogen-bond acceptors (Lipinski definition) is 4. The molecule has 0 N–H and O–H groups in total. The monoisotopic (exact) mass is 786 g/mol. The predicted molar refractivity (Wildman–Crippen MR) is 238 cm³/mol. The van der Waals surface area contributed by atoms with Crippen LogP contribution in [0.2, 0.25) is 26.2 Å². The molecule has 0 radical (unpaired) electrons. The van der Waals surface area contributed by atoms with Crippen molar-refractivity contribution in [2.24, 2.45) is 0 Å². The minimum Gasteiger partial charge on any atom is -0.422 e. The smallest absolute Gasteiger partial charge is 0.313 e. The average molecular weight is 787 g/mol. The van der Waals surface area contributed by atoms with Gasteiger partial charge in [0.1, 0.15) is 0 Å². The van der Waals surface area contributed by atoms with Crippen molar-refractivity contribution in [1.29, 1.82) is 0 Å². The lowest BCUT2D eigenvalue weighted by Gasteiger charge is -2.45. The first kappa shape index (κ1) is 36.2. The molecule has 55 heavy (non-hydrogen) atoms. The third-order valence-corrected chi connectivity index (χ3v) is 24.9. The molecule has 8 aromatic carbocycles. The molecule has 2 atom stereocenters. The van der Waals surface area contributed by atoms with Gasteiger partial charge in [0.15, 0.2) is 0 Å². The maximum atomic E-state index is 7.42. The van der Waals surface area contributed by atoms with Gasteiger partial charge < -0.3 is 16.5 Å². The molecule has 1 aliphatic heterocycles. The Morgan fingerprint density at radius 3 is 1.38 bits per heavy atom. The van der Waals surface area contributed by atoms with Crippen LogP contribution in [0, 0.1) is 0 Å². The Balaban J connectivity index is 1.42. The van der Waals surface area contributed by atoms with Crippen LogP contribution >= 0.6 is 0 Å². The predicted octanol–water partition coefficient (Wildman–Crippen LogP) is 11.0. The van der Waals surface area contributed by atoms with Gasteiger partial charge in [-0.3, -0.25) is 0 Å². The fourth-order valence-electron chi connectivity index (χ4n) is 9.21. The lowest BCUT2D eigenvalue weighted by atomic mass is 9.63. The minimum atomic E-state index is -2.68. The maximum Gasteiger partial charge on any atom is 0.313 e. The third-order valence-electron chi connectivity index (χ3n) is 11.4. The van der Waals surface area contributed by atoms with Gasteiger partial charge in [-0.2, -0.15) is 0 Å². The number of rotatable bonds is 7. The van der Waals surface area contributed by atoms with E-state index in [1.807, 2.05) is 0 Å². The van der Waals surface area contributed by atoms with E-state index in [4.69, 9.17) is 16.5 Å². The van der Waals surface area contributed by atoms with E-state index in [0.717, 1.165) is 0 Å². The van der Waals surface area contributed by atoms with Crippen LogP contribution in [-0.2, 0) is 21.9 Å². The molecule has 4 nitrogen and oxygen atoms in total. The van der Waals surface area contributed by atoms with Gasteiger partial charge in [0.05, 0.1) is 0 Å². The lowest BCUT2D eigenvalue weighted by Crippen LogP contribution is -2.56. The molecule has 1 saturated heterocycles. The van der Waals surface area contributed by atoms with Gasteiger partial charge in [0.2, 0.25) is 0 Å². The average Bonchev–Trinajstić information content (AvgIpc) is 3.20. The molecule has 0 bridgehead atoms. The Kier molecular flexibility index (Phi) is 9.56. The zero-order valence-electron chi connectivity index (χ0n) is 31.9. The summed E-state index contributed by atoms with van der Waals surface area (Å²) in [7, 11) is -9.07. The second kappa shape index (κ2) is 14.5. The van der Waals surface area contributed by atoms with E-state index in [0.29, 0.717) is 6.42 Å². The van der Waals surface area contributed by atoms with E-state index in [2.05, 4.69) is 196 Å². The summed E-state index contributed by atoms with van der Waals surface area (Å²) < 4.78 is 28.0. The van der Waals surface area contributed by atoms with E-state index in [1.165, 1.54) is 65.3 Å². The van der Waals surface area contributed by atoms with Crippen LogP contribution < -0.4 is 0 Å². The van der Waals surface area contributed by atoms with E-state index < -0.39 is 41.8 Å². The normalized spacial score (nSPS) is 18.4. The zero-order chi connectivity index (χ0) is 37.6. The van der Waals surface area contributed by atoms with Crippen molar-refractivity contribution in [3.8, 4) is 0 Å². The van der Waals surface area contributed by atoms with Crippen molar-refractivity contribution >= 4 is 79.5 Å². The molecule has 1 heterocycles. The summed E-state index contributed by atoms with van der Waals surface area (Å²) in [5.41, 5.74) is 4.34. The Hall–Kier alpha value is -4.49. The summed E-state index contributed by atoms with van der Waals surface area (Å²) in [6.45, 7) is 8.60. The molecule has 0 saturated carbocycles. The summed E-state index contributed by atoms with van der Waals surface area (Å²) in [5, 5.41) is 9.83. The molecule has 2 unspecified atom stereocenters. The van der Waals surface area contributed by atoms with Crippen molar-refractivity contribution in [2.75, 3.05) is 0 Å². The van der Waals surface area contributed by atoms with E-state index in [1.54, 1.807) is 0 Å². The van der Waals surface area contributed by atoms with Crippen LogP contribution in [0.15, 0.2) is 170 Å². The Morgan fingerprint density at radius 2 is 0.891 bits per heavy atom. The summed E-state index contributed by atoms with van der Waals surface area (Å²) in [4.78, 5) is 0. The highest BCUT2D eigenvalue weighted by Crippen LogP contribution is 2.53. The highest BCUT2D eigenvalue weighted by Gasteiger charge is 2.48. The van der Waals surface area contributed by atoms with E-state index in [9.17, 15) is 0 Å². The first-order chi connectivity index (χ1) is 26.7. The number of fused-ring (bicyclic) bond motifs is 4. The quantitative estimate of drug-likeness (QED) is 0.119. The molecular weight excluding hydrogens is 741 g/mol. The second-order valence-electron chi connectivity index (χ2n) is 15.7. The largest absolute Gasteiger partial charge is 0.422 e. The van der Waals surface area contributed by atoms with Gasteiger partial charge in [0.25, 0.3) is 10.0 Å². The van der Waals surface area contributed by atoms with Crippen LogP contribution in [0.1, 0.15) is 34.2 Å². The van der Waals surface area contributed by atoms with Crippen LogP contribution in [0.3, 0.4) is 0 Å². The van der Waals surface area contributed by atoms with Gasteiger partial charge in [0, 0.05) is 11.0 Å². The molecule has 1 aliphatic rings. The third kappa shape index (κ3) is 6.77. The molecule has 0 spiro atoms. The first-order valence-corrected chi connectivity index (χ1v) is 27.7. The standard InChI is InChI=1S/C47H46O4Si4/c1-54(2)49-52-48-53(50-55(3,4)51-54)46(42-29-13-21-34-17-5-9-25-38(34)42)33-47(43-30-14-22-35-18-6-10-26-39(35)43,44-31-15-23-36-19-7-11-27-40(36)44)45-32-16-24-37-20-8-12-28-41(37)45/h5-32,46,53H,33,52H2,1-4H3. The van der Waals surface area contributed by atoms with Crippen molar-refractivity contribution in [2.45, 2.75) is 43.6 Å². The van der Waals surface area contributed by atoms with E-state index >= 15 is 0 Å². The zero-order valence-corrected chi connectivity index (χ0v) is 36.4. The molecule has 8 aromatic rings. The van der Waals surface area contributed by atoms with Gasteiger partial charge in [-0.25, -0.2) is 0 Å². The fourth-order valence-corrected chi connectivity index (χ4v) is 23.7. The van der Waals surface area contributed by atoms with Gasteiger partial charge in [-0.15, -0.1) is 0 Å². The van der Waals surface area contributed by atoms with Gasteiger partial charge in [-0.05, 0) is 98.0 Å². The molecule has 0 amide bonds. The molecular formula is C47H46O4Si4. The Labute approximate surface area is 330 Å². The summed E-state index contributed by atoms with van der Waals surface area (Å²) in [6.07, 6.45) is 0.716. The number of benzene rings is 8. The molecule has 274 valence electrons. The second-order valence-corrected chi connectivity index (χ2v) is 27.3. The summed E-state index contributed by atoms with van der Waals surface area (Å²) in [5.74, 6) is 0. The number of hydrogen-bond donors (Lipinski definition) is 0. The lowest BCUT2D eigenvalue weighted by molar-refractivity contribution is 0.263. The topological polar surface area (TPSA) is 36.9 Å². The van der Waals surface area contributed by atoms with Crippen LogP contribution in [0.5, 0.6) is 0 Å². The van der Waals surface area contributed by atoms with Crippen molar-refractivity contribution < 1.29 is 16.5 Å². The Morgan fingerprint density at radius 1 is 0.491 bits per heavy atom. The maximum absolute atomic E-state index is 7.42. The van der Waals surface area contributed by atoms with Crippen LogP contribution in [0.25, 0.3) is 43.1 Å². The van der Waals surface area contributed by atoms with Crippen molar-refractivity contribution in [1.82, 2.24) is 0 Å². The van der Waals surface area contributed by atoms with Crippen molar-refractivity contribution in [3.63, 3.8) is 0 Å². The highest BCUT2D eigenvalue weighted by molar-refractivity contribution is 6.84. The van der Waals surface area contributed by atoms with Gasteiger partial charge in [-0.1, -0.05) is 170 Å². The molecule has 0 aliphatic carbocycles. The molecule has 0 aromatic heterocycles. The van der Waals surface area contributed by atoms with Crippen LogP contribution in [-0.4, -0.2) is 36.4 Å². The summed E-state index contributed by atoms with van der Waals surface area (Å²) in [6, 6.07) is 62.8. The van der Waals surface area contributed by atoms with Gasteiger partial charge >= 0.3 is 26.4 Å². The van der Waals surface area contributed by atoms with E-state index in [-0.39, 0.29) is 5.54 Å². The highest BCUT2D eigenvalue weighted by atomic mass is 28.5. The van der Waals surface area contributed by atoms with Crippen molar-refractivity contribution in [3.05, 3.63) is 192 Å². The van der Waals surface area contributed by atoms with Crippen LogP contribution in [0.4, 0.5) is 0 Å². The first-order valence-electron chi connectivity index (χ1n) is 19.3. The molecule has 1 fully saturated rings.